The van der Waals surface area contributed by atoms with Crippen molar-refractivity contribution < 1.29 is 27.8 Å². The van der Waals surface area contributed by atoms with Crippen LogP contribution in [0.3, 0.4) is 0 Å². The van der Waals surface area contributed by atoms with Crippen molar-refractivity contribution in [3.8, 4) is 11.7 Å². The molecule has 2 saturated heterocycles. The third-order valence-electron chi connectivity index (χ3n) is 8.36. The van der Waals surface area contributed by atoms with Crippen molar-refractivity contribution in [2.24, 2.45) is 11.7 Å². The second-order valence-electron chi connectivity index (χ2n) is 11.2. The molecule has 1 saturated carbocycles. The summed E-state index contributed by atoms with van der Waals surface area (Å²) in [4.78, 5) is 43.7. The van der Waals surface area contributed by atoms with Crippen molar-refractivity contribution in [2.75, 3.05) is 63.9 Å². The number of nitrogens with zero attached hydrogens (tertiary/aromatic N) is 7. The van der Waals surface area contributed by atoms with Crippen LogP contribution >= 0.6 is 0 Å². The first kappa shape index (κ1) is 29.2. The molecular formula is C29H36F2N8O4. The molecule has 12 nitrogen and oxygen atoms in total. The molecular weight excluding hydrogens is 562 g/mol. The first-order valence-electron chi connectivity index (χ1n) is 14.8. The fraction of sp³-hybridized carbons (Fsp3) is 0.552. The number of anilines is 1. The van der Waals surface area contributed by atoms with Crippen molar-refractivity contribution in [3.05, 3.63) is 36.2 Å². The van der Waals surface area contributed by atoms with E-state index in [2.05, 4.69) is 15.0 Å². The molecule has 14 heteroatoms. The molecule has 3 aliphatic rings. The third-order valence-corrected chi connectivity index (χ3v) is 8.36. The number of hydrogen-bond donors (Lipinski definition) is 1. The van der Waals surface area contributed by atoms with Gasteiger partial charge in [0.25, 0.3) is 6.43 Å². The van der Waals surface area contributed by atoms with Crippen LogP contribution in [-0.2, 0) is 14.3 Å². The number of carbonyl (C=O) groups excluding carboxylic acids is 2. The molecule has 0 atom stereocenters. The normalized spacial score (nSPS) is 21.8. The number of halogens is 2. The quantitative estimate of drug-likeness (QED) is 0.414. The van der Waals surface area contributed by atoms with Gasteiger partial charge in [0.2, 0.25) is 23.6 Å². The van der Waals surface area contributed by atoms with E-state index in [9.17, 15) is 18.4 Å². The van der Waals surface area contributed by atoms with E-state index < -0.39 is 12.2 Å². The summed E-state index contributed by atoms with van der Waals surface area (Å²) in [7, 11) is 0. The van der Waals surface area contributed by atoms with Crippen LogP contribution in [0.2, 0.25) is 0 Å². The van der Waals surface area contributed by atoms with Crippen molar-refractivity contribution in [3.63, 3.8) is 0 Å². The lowest BCUT2D eigenvalue weighted by atomic mass is 9.86. The Morgan fingerprint density at radius 1 is 0.977 bits per heavy atom. The third kappa shape index (κ3) is 6.54. The van der Waals surface area contributed by atoms with E-state index in [0.717, 1.165) is 0 Å². The predicted molar refractivity (Wildman–Crippen MR) is 153 cm³/mol. The maximum atomic E-state index is 14.1. The standard InChI is InChI=1S/C29H36F2N8O4/c30-26(31)27-33-21-3-1-2-4-22(21)39(27)24-17-25(35-29(34-24)38-13-15-42-16-14-38)43-20-7-5-19(6-8-20)28(41)37-11-9-36(10-12-37)18-23(32)40/h1-4,17,19-20,26H,5-16,18H2,(H2,32,40)/t19-,20-. The summed E-state index contributed by atoms with van der Waals surface area (Å²) in [6.45, 7) is 4.81. The second-order valence-corrected chi connectivity index (χ2v) is 11.2. The minimum absolute atomic E-state index is 0.0849. The van der Waals surface area contributed by atoms with Crippen LogP contribution < -0.4 is 15.4 Å². The Bertz CT molecular complexity index is 1450. The Morgan fingerprint density at radius 3 is 2.40 bits per heavy atom. The molecule has 2 aromatic heterocycles. The number of rotatable bonds is 8. The van der Waals surface area contributed by atoms with E-state index in [1.807, 2.05) is 14.7 Å². The van der Waals surface area contributed by atoms with Gasteiger partial charge in [0.1, 0.15) is 11.9 Å². The number of morpholine rings is 1. The van der Waals surface area contributed by atoms with Crippen LogP contribution in [0.25, 0.3) is 16.9 Å². The van der Waals surface area contributed by atoms with E-state index in [0.29, 0.717) is 101 Å². The minimum atomic E-state index is -2.81. The van der Waals surface area contributed by atoms with Crippen LogP contribution in [0.5, 0.6) is 5.88 Å². The summed E-state index contributed by atoms with van der Waals surface area (Å²) in [6.07, 6.45) is -0.286. The van der Waals surface area contributed by atoms with Gasteiger partial charge in [-0.1, -0.05) is 12.1 Å². The summed E-state index contributed by atoms with van der Waals surface area (Å²) in [5.41, 5.74) is 6.27. The fourth-order valence-corrected chi connectivity index (χ4v) is 6.12. The highest BCUT2D eigenvalue weighted by Gasteiger charge is 2.32. The molecule has 4 heterocycles. The number of primary amides is 1. The maximum Gasteiger partial charge on any atom is 0.296 e. The SMILES string of the molecule is NC(=O)CN1CCN(C(=O)[C@H]2CC[C@H](Oc3cc(-n4c(C(F)F)nc5ccccc54)nc(N4CCOCC4)n3)CC2)CC1. The molecule has 6 rings (SSSR count). The largest absolute Gasteiger partial charge is 0.474 e. The highest BCUT2D eigenvalue weighted by atomic mass is 19.3. The van der Waals surface area contributed by atoms with Gasteiger partial charge in [0.05, 0.1) is 30.8 Å². The molecule has 43 heavy (non-hydrogen) atoms. The summed E-state index contributed by atoms with van der Waals surface area (Å²) in [5, 5.41) is 0. The number of ether oxygens (including phenoxy) is 2. The Morgan fingerprint density at radius 2 is 1.70 bits per heavy atom. The smallest absolute Gasteiger partial charge is 0.296 e. The average molecular weight is 599 g/mol. The lowest BCUT2D eigenvalue weighted by Crippen LogP contribution is -2.52. The molecule has 0 spiro atoms. The number of nitrogens with two attached hydrogens (primary N) is 1. The number of carbonyl (C=O) groups is 2. The van der Waals surface area contributed by atoms with E-state index in [4.69, 9.17) is 15.2 Å². The zero-order valence-electron chi connectivity index (χ0n) is 23.9. The minimum Gasteiger partial charge on any atom is -0.474 e. The molecule has 3 fully saturated rings. The van der Waals surface area contributed by atoms with Gasteiger partial charge in [-0.05, 0) is 37.8 Å². The Labute approximate surface area is 247 Å². The topological polar surface area (TPSA) is 132 Å². The van der Waals surface area contributed by atoms with Crippen LogP contribution in [-0.4, -0.2) is 106 Å². The summed E-state index contributed by atoms with van der Waals surface area (Å²) in [5.74, 6) is 0.237. The highest BCUT2D eigenvalue weighted by Crippen LogP contribution is 2.32. The van der Waals surface area contributed by atoms with Crippen LogP contribution in [0.4, 0.5) is 14.7 Å². The number of benzene rings is 1. The fourth-order valence-electron chi connectivity index (χ4n) is 6.12. The molecule has 2 aliphatic heterocycles. The lowest BCUT2D eigenvalue weighted by molar-refractivity contribution is -0.139. The van der Waals surface area contributed by atoms with E-state index in [-0.39, 0.29) is 36.2 Å². The van der Waals surface area contributed by atoms with E-state index in [1.54, 1.807) is 30.3 Å². The van der Waals surface area contributed by atoms with Crippen LogP contribution in [0.1, 0.15) is 37.9 Å². The van der Waals surface area contributed by atoms with Crippen molar-refractivity contribution in [1.82, 2.24) is 29.3 Å². The number of aromatic nitrogens is 4. The number of fused-ring (bicyclic) bond motifs is 1. The van der Waals surface area contributed by atoms with E-state index >= 15 is 0 Å². The van der Waals surface area contributed by atoms with Gasteiger partial charge in [-0.3, -0.25) is 19.1 Å². The average Bonchev–Trinajstić information content (AvgIpc) is 3.42. The number of piperazine rings is 1. The molecule has 230 valence electrons. The van der Waals surface area contributed by atoms with Crippen LogP contribution in [0, 0.1) is 5.92 Å². The van der Waals surface area contributed by atoms with Gasteiger partial charge in [-0.15, -0.1) is 0 Å². The Kier molecular flexibility index (Phi) is 8.66. The zero-order valence-corrected chi connectivity index (χ0v) is 23.9. The number of hydrogen-bond acceptors (Lipinski definition) is 9. The molecule has 0 radical (unpaired) electrons. The zero-order chi connectivity index (χ0) is 29.9. The van der Waals surface area contributed by atoms with Gasteiger partial charge in [-0.25, -0.2) is 13.8 Å². The monoisotopic (exact) mass is 598 g/mol. The second kappa shape index (κ2) is 12.8. The Balaban J connectivity index is 1.18. The van der Waals surface area contributed by atoms with Gasteiger partial charge in [0.15, 0.2) is 5.82 Å². The van der Waals surface area contributed by atoms with Gasteiger partial charge < -0.3 is 25.0 Å². The molecule has 0 bridgehead atoms. The molecule has 2 amide bonds. The van der Waals surface area contributed by atoms with Crippen molar-refractivity contribution in [2.45, 2.75) is 38.2 Å². The first-order chi connectivity index (χ1) is 20.9. The summed E-state index contributed by atoms with van der Waals surface area (Å²) < 4.78 is 41.5. The number of alkyl halides is 2. The molecule has 0 unspecified atom stereocenters. The van der Waals surface area contributed by atoms with E-state index in [1.165, 1.54) is 4.57 Å². The van der Waals surface area contributed by atoms with Gasteiger partial charge >= 0.3 is 0 Å². The summed E-state index contributed by atoms with van der Waals surface area (Å²) in [6, 6.07) is 8.56. The first-order valence-corrected chi connectivity index (χ1v) is 14.8. The summed E-state index contributed by atoms with van der Waals surface area (Å²) >= 11 is 0. The van der Waals surface area contributed by atoms with Crippen molar-refractivity contribution in [1.29, 1.82) is 0 Å². The maximum absolute atomic E-state index is 14.1. The molecule has 1 aliphatic carbocycles. The molecule has 2 N–H and O–H groups in total. The van der Waals surface area contributed by atoms with Gasteiger partial charge in [0, 0.05) is 51.3 Å². The van der Waals surface area contributed by atoms with Gasteiger partial charge in [-0.2, -0.15) is 9.97 Å². The highest BCUT2D eigenvalue weighted by molar-refractivity contribution is 5.79. The predicted octanol–water partition coefficient (Wildman–Crippen LogP) is 2.16. The Hall–Kier alpha value is -3.91. The lowest BCUT2D eigenvalue weighted by Gasteiger charge is -2.37. The number of amides is 2. The molecule has 1 aromatic carbocycles. The molecule has 3 aromatic rings. The van der Waals surface area contributed by atoms with Crippen LogP contribution in [0.15, 0.2) is 30.3 Å². The number of para-hydroxylation sites is 2. The van der Waals surface area contributed by atoms with Crippen molar-refractivity contribution >= 4 is 28.8 Å². The number of imidazole rings is 1.